The molecule has 1 aromatic carbocycles. The van der Waals surface area contributed by atoms with Crippen LogP contribution < -0.4 is 11.1 Å². The standard InChI is InChI=1S/C12H17BrN2O/c1-8-6-10(7-9(2)12(8)13)15-11(16)4-3-5-14/h6-7H,3-5,14H2,1-2H3,(H,15,16). The SMILES string of the molecule is Cc1cc(NC(=O)CCCN)cc(C)c1Br. The highest BCUT2D eigenvalue weighted by atomic mass is 79.9. The Morgan fingerprint density at radius 3 is 2.44 bits per heavy atom. The van der Waals surface area contributed by atoms with Crippen molar-refractivity contribution in [2.75, 3.05) is 11.9 Å². The number of hydrogen-bond donors (Lipinski definition) is 2. The van der Waals surface area contributed by atoms with Gasteiger partial charge in [-0.3, -0.25) is 4.79 Å². The van der Waals surface area contributed by atoms with E-state index < -0.39 is 0 Å². The molecular weight excluding hydrogens is 268 g/mol. The van der Waals surface area contributed by atoms with E-state index in [0.29, 0.717) is 13.0 Å². The molecule has 0 saturated heterocycles. The number of carbonyl (C=O) groups is 1. The van der Waals surface area contributed by atoms with Gasteiger partial charge in [0.2, 0.25) is 5.91 Å². The lowest BCUT2D eigenvalue weighted by Gasteiger charge is -2.09. The zero-order valence-electron chi connectivity index (χ0n) is 9.64. The fourth-order valence-corrected chi connectivity index (χ4v) is 1.73. The number of amides is 1. The average Bonchev–Trinajstić information content (AvgIpc) is 2.23. The van der Waals surface area contributed by atoms with Gasteiger partial charge >= 0.3 is 0 Å². The number of anilines is 1. The molecule has 0 spiro atoms. The zero-order chi connectivity index (χ0) is 12.1. The van der Waals surface area contributed by atoms with Gasteiger partial charge in [0.25, 0.3) is 0 Å². The first kappa shape index (κ1) is 13.2. The van der Waals surface area contributed by atoms with Gasteiger partial charge in [0.1, 0.15) is 0 Å². The predicted octanol–water partition coefficient (Wildman–Crippen LogP) is 2.74. The van der Waals surface area contributed by atoms with E-state index in [1.807, 2.05) is 26.0 Å². The molecule has 88 valence electrons. The fraction of sp³-hybridized carbons (Fsp3) is 0.417. The Bertz CT molecular complexity index is 368. The highest BCUT2D eigenvalue weighted by molar-refractivity contribution is 9.10. The quantitative estimate of drug-likeness (QED) is 0.893. The molecule has 3 nitrogen and oxygen atoms in total. The van der Waals surface area contributed by atoms with Gasteiger partial charge in [-0.25, -0.2) is 0 Å². The second-order valence-electron chi connectivity index (χ2n) is 3.86. The number of rotatable bonds is 4. The number of nitrogens with two attached hydrogens (primary N) is 1. The second kappa shape index (κ2) is 6.01. The normalized spacial score (nSPS) is 10.2. The van der Waals surface area contributed by atoms with Crippen LogP contribution in [-0.2, 0) is 4.79 Å². The van der Waals surface area contributed by atoms with Crippen LogP contribution in [0.5, 0.6) is 0 Å². The van der Waals surface area contributed by atoms with Gasteiger partial charge < -0.3 is 11.1 Å². The molecule has 0 heterocycles. The van der Waals surface area contributed by atoms with Crippen LogP contribution in [0.15, 0.2) is 16.6 Å². The topological polar surface area (TPSA) is 55.1 Å². The number of nitrogens with one attached hydrogen (secondary N) is 1. The molecule has 0 radical (unpaired) electrons. The third kappa shape index (κ3) is 3.61. The number of benzene rings is 1. The Morgan fingerprint density at radius 1 is 1.38 bits per heavy atom. The minimum Gasteiger partial charge on any atom is -0.330 e. The number of carbonyl (C=O) groups excluding carboxylic acids is 1. The first-order valence-electron chi connectivity index (χ1n) is 5.31. The van der Waals surface area contributed by atoms with Crippen molar-refractivity contribution in [1.82, 2.24) is 0 Å². The molecular formula is C12H17BrN2O. The lowest BCUT2D eigenvalue weighted by molar-refractivity contribution is -0.116. The van der Waals surface area contributed by atoms with Crippen molar-refractivity contribution >= 4 is 27.5 Å². The van der Waals surface area contributed by atoms with Crippen LogP contribution >= 0.6 is 15.9 Å². The van der Waals surface area contributed by atoms with E-state index in [2.05, 4.69) is 21.2 Å². The molecule has 3 N–H and O–H groups in total. The van der Waals surface area contributed by atoms with Crippen LogP contribution in [0.4, 0.5) is 5.69 Å². The van der Waals surface area contributed by atoms with Crippen LogP contribution in [0.2, 0.25) is 0 Å². The van der Waals surface area contributed by atoms with Gasteiger partial charge in [0, 0.05) is 16.6 Å². The predicted molar refractivity (Wildman–Crippen MR) is 70.5 cm³/mol. The zero-order valence-corrected chi connectivity index (χ0v) is 11.2. The van der Waals surface area contributed by atoms with E-state index in [4.69, 9.17) is 5.73 Å². The third-order valence-electron chi connectivity index (χ3n) is 2.33. The van der Waals surface area contributed by atoms with Gasteiger partial charge in [-0.05, 0) is 50.1 Å². The van der Waals surface area contributed by atoms with E-state index in [9.17, 15) is 4.79 Å². The molecule has 1 rings (SSSR count). The van der Waals surface area contributed by atoms with Crippen LogP contribution in [0.1, 0.15) is 24.0 Å². The molecule has 0 aromatic heterocycles. The van der Waals surface area contributed by atoms with Crippen molar-refractivity contribution < 1.29 is 4.79 Å². The van der Waals surface area contributed by atoms with Crippen LogP contribution in [0.3, 0.4) is 0 Å². The third-order valence-corrected chi connectivity index (χ3v) is 3.58. The molecule has 16 heavy (non-hydrogen) atoms. The van der Waals surface area contributed by atoms with E-state index in [1.165, 1.54) is 0 Å². The maximum atomic E-state index is 11.5. The molecule has 1 amide bonds. The summed E-state index contributed by atoms with van der Waals surface area (Å²) in [7, 11) is 0. The minimum absolute atomic E-state index is 0.0200. The molecule has 0 bridgehead atoms. The van der Waals surface area contributed by atoms with Gasteiger partial charge in [-0.2, -0.15) is 0 Å². The van der Waals surface area contributed by atoms with E-state index in [1.54, 1.807) is 0 Å². The Labute approximate surface area is 105 Å². The summed E-state index contributed by atoms with van der Waals surface area (Å²) in [4.78, 5) is 11.5. The summed E-state index contributed by atoms with van der Waals surface area (Å²) >= 11 is 3.49. The number of aryl methyl sites for hydroxylation is 2. The maximum absolute atomic E-state index is 11.5. The van der Waals surface area contributed by atoms with Gasteiger partial charge in [0.15, 0.2) is 0 Å². The molecule has 0 fully saturated rings. The Balaban J connectivity index is 2.71. The summed E-state index contributed by atoms with van der Waals surface area (Å²) in [5, 5.41) is 2.87. The molecule has 0 aliphatic carbocycles. The molecule has 0 aliphatic heterocycles. The summed E-state index contributed by atoms with van der Waals surface area (Å²) in [5.74, 6) is 0.0200. The Kier molecular flexibility index (Phi) is 4.96. The number of halogens is 1. The molecule has 0 saturated carbocycles. The molecule has 0 atom stereocenters. The van der Waals surface area contributed by atoms with E-state index in [-0.39, 0.29) is 5.91 Å². The van der Waals surface area contributed by atoms with Gasteiger partial charge in [0.05, 0.1) is 0 Å². The van der Waals surface area contributed by atoms with Crippen LogP contribution in [0, 0.1) is 13.8 Å². The molecule has 4 heteroatoms. The molecule has 0 aliphatic rings. The van der Waals surface area contributed by atoms with E-state index >= 15 is 0 Å². The first-order chi connectivity index (χ1) is 7.54. The van der Waals surface area contributed by atoms with Gasteiger partial charge in [-0.15, -0.1) is 0 Å². The highest BCUT2D eigenvalue weighted by Gasteiger charge is 2.05. The van der Waals surface area contributed by atoms with Crippen molar-refractivity contribution in [3.63, 3.8) is 0 Å². The van der Waals surface area contributed by atoms with Crippen molar-refractivity contribution in [2.45, 2.75) is 26.7 Å². The first-order valence-corrected chi connectivity index (χ1v) is 6.10. The Hall–Kier alpha value is -0.870. The van der Waals surface area contributed by atoms with Crippen molar-refractivity contribution in [3.05, 3.63) is 27.7 Å². The lowest BCUT2D eigenvalue weighted by atomic mass is 10.1. The molecule has 1 aromatic rings. The second-order valence-corrected chi connectivity index (χ2v) is 4.66. The highest BCUT2D eigenvalue weighted by Crippen LogP contribution is 2.25. The van der Waals surface area contributed by atoms with Crippen LogP contribution in [0.25, 0.3) is 0 Å². The smallest absolute Gasteiger partial charge is 0.224 e. The van der Waals surface area contributed by atoms with E-state index in [0.717, 1.165) is 27.7 Å². The van der Waals surface area contributed by atoms with Crippen LogP contribution in [-0.4, -0.2) is 12.5 Å². The monoisotopic (exact) mass is 284 g/mol. The van der Waals surface area contributed by atoms with Crippen molar-refractivity contribution in [2.24, 2.45) is 5.73 Å². The largest absolute Gasteiger partial charge is 0.330 e. The molecule has 0 unspecified atom stereocenters. The van der Waals surface area contributed by atoms with Crippen molar-refractivity contribution in [1.29, 1.82) is 0 Å². The summed E-state index contributed by atoms with van der Waals surface area (Å²) in [6, 6.07) is 3.91. The minimum atomic E-state index is 0.0200. The maximum Gasteiger partial charge on any atom is 0.224 e. The summed E-state index contributed by atoms with van der Waals surface area (Å²) in [5.41, 5.74) is 8.44. The van der Waals surface area contributed by atoms with Crippen molar-refractivity contribution in [3.8, 4) is 0 Å². The summed E-state index contributed by atoms with van der Waals surface area (Å²) in [6.45, 7) is 4.56. The lowest BCUT2D eigenvalue weighted by Crippen LogP contribution is -2.13. The average molecular weight is 285 g/mol. The fourth-order valence-electron chi connectivity index (χ4n) is 1.50. The summed E-state index contributed by atoms with van der Waals surface area (Å²) < 4.78 is 1.09. The number of hydrogen-bond acceptors (Lipinski definition) is 2. The summed E-state index contributed by atoms with van der Waals surface area (Å²) in [6.07, 6.45) is 1.20. The Morgan fingerprint density at radius 2 is 1.94 bits per heavy atom. The van der Waals surface area contributed by atoms with Gasteiger partial charge in [-0.1, -0.05) is 15.9 Å².